The van der Waals surface area contributed by atoms with Gasteiger partial charge in [0.1, 0.15) is 0 Å². The Morgan fingerprint density at radius 2 is 2.38 bits per heavy atom. The van der Waals surface area contributed by atoms with E-state index in [1.165, 1.54) is 0 Å². The van der Waals surface area contributed by atoms with Gasteiger partial charge in [-0.2, -0.15) is 0 Å². The van der Waals surface area contributed by atoms with Crippen LogP contribution in [0.3, 0.4) is 0 Å². The summed E-state index contributed by atoms with van der Waals surface area (Å²) in [7, 11) is 0. The van der Waals surface area contributed by atoms with Crippen molar-refractivity contribution in [1.29, 1.82) is 0 Å². The van der Waals surface area contributed by atoms with Gasteiger partial charge in [0.25, 0.3) is 0 Å². The topological polar surface area (TPSA) is 97.7 Å². The van der Waals surface area contributed by atoms with Crippen LogP contribution >= 0.6 is 12.2 Å². The van der Waals surface area contributed by atoms with Crippen molar-refractivity contribution in [3.63, 3.8) is 0 Å². The zero-order valence-corrected chi connectivity index (χ0v) is 9.98. The number of carboxylic acids is 1. The molecule has 7 heteroatoms. The van der Waals surface area contributed by atoms with Crippen LogP contribution in [-0.4, -0.2) is 22.0 Å². The van der Waals surface area contributed by atoms with Crippen molar-refractivity contribution in [3.05, 3.63) is 16.7 Å². The van der Waals surface area contributed by atoms with Gasteiger partial charge >= 0.3 is 29.6 Å². The summed E-state index contributed by atoms with van der Waals surface area (Å²) in [5.74, 6) is -1.27. The molecule has 66 valence electrons. The Balaban J connectivity index is 0.00000144. The smallest absolute Gasteiger partial charge is 0.548 e. The molecule has 0 aliphatic heterocycles. The van der Waals surface area contributed by atoms with E-state index in [2.05, 4.69) is 9.97 Å². The number of hydrogen-bond acceptors (Lipinski definition) is 4. The van der Waals surface area contributed by atoms with Gasteiger partial charge in [-0.25, -0.2) is 0 Å². The molecule has 0 radical (unpaired) electrons. The number of imidazole rings is 1. The van der Waals surface area contributed by atoms with E-state index in [0.717, 1.165) is 0 Å². The minimum Gasteiger partial charge on any atom is -0.548 e. The fourth-order valence-corrected chi connectivity index (χ4v) is 0.991. The monoisotopic (exact) mass is 209 g/mol. The number of H-pyrrole nitrogens is 2. The second-order valence-electron chi connectivity index (χ2n) is 2.40. The fourth-order valence-electron chi connectivity index (χ4n) is 0.801. The Hall–Kier alpha value is -0.140. The number of carboxylic acid groups (broad SMARTS) is 1. The van der Waals surface area contributed by atoms with E-state index in [4.69, 9.17) is 18.0 Å². The van der Waals surface area contributed by atoms with Gasteiger partial charge in [-0.1, -0.05) is 0 Å². The van der Waals surface area contributed by atoms with Gasteiger partial charge in [-0.05, 0) is 12.2 Å². The van der Waals surface area contributed by atoms with Crippen molar-refractivity contribution in [3.8, 4) is 0 Å². The van der Waals surface area contributed by atoms with Gasteiger partial charge in [-0.3, -0.25) is 0 Å². The summed E-state index contributed by atoms with van der Waals surface area (Å²) in [4.78, 5) is 15.7. The van der Waals surface area contributed by atoms with Gasteiger partial charge in [0, 0.05) is 24.4 Å². The number of carbonyl (C=O) groups excluding carboxylic acids is 1. The molecule has 1 aromatic rings. The summed E-state index contributed by atoms with van der Waals surface area (Å²) in [6.45, 7) is 0. The minimum atomic E-state index is -1.27. The van der Waals surface area contributed by atoms with Crippen LogP contribution in [0.4, 0.5) is 0 Å². The molecule has 0 spiro atoms. The van der Waals surface area contributed by atoms with Crippen molar-refractivity contribution in [1.82, 2.24) is 9.97 Å². The predicted octanol–water partition coefficient (Wildman–Crippen LogP) is -4.30. The Bertz CT molecular complexity index is 335. The quantitative estimate of drug-likeness (QED) is 0.346. The molecule has 13 heavy (non-hydrogen) atoms. The molecule has 0 saturated carbocycles. The molecular weight excluding hydrogens is 201 g/mol. The number of rotatable bonds is 3. The first-order chi connectivity index (χ1) is 5.59. The number of nitrogens with one attached hydrogen (secondary N) is 2. The first-order valence-electron chi connectivity index (χ1n) is 3.32. The Labute approximate surface area is 102 Å². The zero-order valence-electron chi connectivity index (χ0n) is 7.16. The zero-order chi connectivity index (χ0) is 9.14. The van der Waals surface area contributed by atoms with Crippen LogP contribution in [0.1, 0.15) is 5.69 Å². The summed E-state index contributed by atoms with van der Waals surface area (Å²) in [5, 5.41) is 10.2. The van der Waals surface area contributed by atoms with E-state index in [1.807, 2.05) is 0 Å². The SMILES string of the molecule is NC(Cc1c[nH]c(=S)[nH]1)C(=O)[O-].[Na+]. The molecule has 1 atom stereocenters. The van der Waals surface area contributed by atoms with E-state index in [1.54, 1.807) is 6.20 Å². The van der Waals surface area contributed by atoms with Gasteiger partial charge in [-0.15, -0.1) is 0 Å². The number of aliphatic carboxylic acids is 1. The molecule has 0 aliphatic rings. The number of aromatic amines is 2. The molecule has 0 saturated heterocycles. The molecule has 0 aliphatic carbocycles. The molecule has 0 fully saturated rings. The van der Waals surface area contributed by atoms with Crippen LogP contribution in [0.25, 0.3) is 0 Å². The Kier molecular flexibility index (Phi) is 5.50. The van der Waals surface area contributed by atoms with Crippen molar-refractivity contribution >= 4 is 18.2 Å². The summed E-state index contributed by atoms with van der Waals surface area (Å²) < 4.78 is 0.454. The standard InChI is InChI=1S/C6H9N3O2S.Na/c7-4(5(10)11)1-3-2-8-6(12)9-3;/h2,4H,1,7H2,(H,10,11)(H2,8,9,12);/q;+1/p-1. The number of aromatic nitrogens is 2. The van der Waals surface area contributed by atoms with Crippen LogP contribution in [0, 0.1) is 4.77 Å². The van der Waals surface area contributed by atoms with Crippen LogP contribution in [-0.2, 0) is 11.2 Å². The maximum Gasteiger partial charge on any atom is 1.00 e. The van der Waals surface area contributed by atoms with Gasteiger partial charge in [0.15, 0.2) is 4.77 Å². The Morgan fingerprint density at radius 3 is 2.77 bits per heavy atom. The second kappa shape index (κ2) is 5.56. The maximum atomic E-state index is 10.2. The van der Waals surface area contributed by atoms with Crippen LogP contribution < -0.4 is 40.4 Å². The molecule has 1 rings (SSSR count). The van der Waals surface area contributed by atoms with E-state index in [9.17, 15) is 9.90 Å². The van der Waals surface area contributed by atoms with Gasteiger partial charge in [0.05, 0.1) is 5.97 Å². The molecule has 5 nitrogen and oxygen atoms in total. The van der Waals surface area contributed by atoms with E-state index >= 15 is 0 Å². The molecule has 1 heterocycles. The van der Waals surface area contributed by atoms with Crippen LogP contribution in [0.2, 0.25) is 0 Å². The van der Waals surface area contributed by atoms with Crippen LogP contribution in [0.5, 0.6) is 0 Å². The van der Waals surface area contributed by atoms with Crippen molar-refractivity contribution in [2.24, 2.45) is 5.73 Å². The van der Waals surface area contributed by atoms with E-state index in [-0.39, 0.29) is 36.0 Å². The summed E-state index contributed by atoms with van der Waals surface area (Å²) in [5.41, 5.74) is 5.89. The molecule has 0 aromatic carbocycles. The maximum absolute atomic E-state index is 10.2. The van der Waals surface area contributed by atoms with Crippen molar-refractivity contribution in [2.75, 3.05) is 0 Å². The first kappa shape index (κ1) is 12.9. The minimum absolute atomic E-state index is 0. The van der Waals surface area contributed by atoms with Crippen molar-refractivity contribution in [2.45, 2.75) is 12.5 Å². The largest absolute Gasteiger partial charge is 1.00 e. The van der Waals surface area contributed by atoms with E-state index < -0.39 is 12.0 Å². The number of hydrogen-bond donors (Lipinski definition) is 3. The third kappa shape index (κ3) is 4.06. The fraction of sp³-hybridized carbons (Fsp3) is 0.333. The molecule has 1 aromatic heterocycles. The normalized spacial score (nSPS) is 11.8. The Morgan fingerprint density at radius 1 is 1.77 bits per heavy atom. The van der Waals surface area contributed by atoms with Gasteiger partial charge in [0.2, 0.25) is 0 Å². The molecule has 1 unspecified atom stereocenters. The summed E-state index contributed by atoms with van der Waals surface area (Å²) in [6.07, 6.45) is 1.78. The number of nitrogens with two attached hydrogens (primary N) is 1. The average molecular weight is 209 g/mol. The summed E-state index contributed by atoms with van der Waals surface area (Å²) >= 11 is 4.74. The molecule has 0 bridgehead atoms. The average Bonchev–Trinajstić information content (AvgIpc) is 2.35. The first-order valence-corrected chi connectivity index (χ1v) is 3.73. The van der Waals surface area contributed by atoms with Gasteiger partial charge < -0.3 is 25.6 Å². The molecule has 0 amide bonds. The third-order valence-corrected chi connectivity index (χ3v) is 1.61. The predicted molar refractivity (Wildman–Crippen MR) is 42.7 cm³/mol. The number of carbonyl (C=O) groups is 1. The molecule has 4 N–H and O–H groups in total. The van der Waals surface area contributed by atoms with E-state index in [0.29, 0.717) is 10.5 Å². The molecular formula is C6H8N3NaO2S. The van der Waals surface area contributed by atoms with Crippen LogP contribution in [0.15, 0.2) is 6.20 Å². The second-order valence-corrected chi connectivity index (χ2v) is 2.81. The summed E-state index contributed by atoms with van der Waals surface area (Å²) in [6, 6.07) is -0.994. The van der Waals surface area contributed by atoms with Crippen molar-refractivity contribution < 1.29 is 39.5 Å². The third-order valence-electron chi connectivity index (χ3n) is 1.39.